The molecule has 85 heavy (non-hydrogen) atoms. The van der Waals surface area contributed by atoms with Gasteiger partial charge in [-0.2, -0.15) is 0 Å². The van der Waals surface area contributed by atoms with Crippen LogP contribution in [0.25, 0.3) is 0 Å². The van der Waals surface area contributed by atoms with Crippen LogP contribution in [0.5, 0.6) is 0 Å². The molecule has 0 saturated carbocycles. The van der Waals surface area contributed by atoms with E-state index in [0.717, 1.165) is 135 Å². The van der Waals surface area contributed by atoms with Gasteiger partial charge < -0.3 is 20.1 Å². The maximum absolute atomic E-state index is 12.7. The number of carbonyl (C=O) groups excluding carboxylic acids is 2. The summed E-state index contributed by atoms with van der Waals surface area (Å²) in [5.74, 6) is -0.868. The second-order valence-corrected chi connectivity index (χ2v) is 23.1. The Bertz CT molecular complexity index is 2000. The second-order valence-electron chi connectivity index (χ2n) is 21.6. The monoisotopic (exact) mass is 1200 g/mol. The average Bonchev–Trinajstić information content (AvgIpc) is 3.52. The molecule has 0 fully saturated rings. The fourth-order valence-electron chi connectivity index (χ4n) is 8.65. The third-order valence-corrected chi connectivity index (χ3v) is 14.6. The summed E-state index contributed by atoms with van der Waals surface area (Å²) in [6.45, 7) is 3.58. The number of carbonyl (C=O) groups is 2. The molecule has 0 aliphatic rings. The summed E-state index contributed by atoms with van der Waals surface area (Å²) in [5.41, 5.74) is 5.39. The zero-order valence-corrected chi connectivity index (χ0v) is 54.7. The molecule has 0 aliphatic heterocycles. The van der Waals surface area contributed by atoms with E-state index in [2.05, 4.69) is 184 Å². The van der Waals surface area contributed by atoms with Crippen molar-refractivity contribution in [2.24, 2.45) is 5.73 Å². The molecule has 0 heterocycles. The molecule has 3 N–H and O–H groups in total. The maximum atomic E-state index is 12.7. The first kappa shape index (κ1) is 80.4. The minimum Gasteiger partial charge on any atom is -0.462 e. The van der Waals surface area contributed by atoms with Gasteiger partial charge in [-0.25, -0.2) is 4.57 Å². The summed E-state index contributed by atoms with van der Waals surface area (Å²) >= 11 is 0. The minimum atomic E-state index is -4.41. The van der Waals surface area contributed by atoms with Crippen molar-refractivity contribution in [3.8, 4) is 0 Å². The van der Waals surface area contributed by atoms with E-state index in [4.69, 9.17) is 24.3 Å². The zero-order chi connectivity index (χ0) is 61.6. The molecule has 0 rings (SSSR count). The van der Waals surface area contributed by atoms with Gasteiger partial charge in [0, 0.05) is 19.4 Å². The van der Waals surface area contributed by atoms with Gasteiger partial charge in [0.15, 0.2) is 6.10 Å². The molecule has 0 amide bonds. The lowest BCUT2D eigenvalue weighted by Crippen LogP contribution is -2.29. The third kappa shape index (κ3) is 68.4. The van der Waals surface area contributed by atoms with Crippen LogP contribution in [0, 0.1) is 0 Å². The molecule has 0 spiro atoms. The largest absolute Gasteiger partial charge is 0.472 e. The molecule has 2 unspecified atom stereocenters. The van der Waals surface area contributed by atoms with E-state index in [9.17, 15) is 19.0 Å². The number of hydrogen-bond donors (Lipinski definition) is 2. The molecule has 480 valence electrons. The van der Waals surface area contributed by atoms with Gasteiger partial charge in [0.1, 0.15) is 6.61 Å². The molecule has 0 saturated heterocycles. The van der Waals surface area contributed by atoms with Gasteiger partial charge >= 0.3 is 19.8 Å². The van der Waals surface area contributed by atoms with Gasteiger partial charge in [0.2, 0.25) is 0 Å². The van der Waals surface area contributed by atoms with E-state index in [0.29, 0.717) is 6.42 Å². The molecular weight excluding hydrogens is 1070 g/mol. The summed E-state index contributed by atoms with van der Waals surface area (Å²) in [4.78, 5) is 35.3. The highest BCUT2D eigenvalue weighted by Gasteiger charge is 2.26. The summed E-state index contributed by atoms with van der Waals surface area (Å²) in [7, 11) is -4.41. The van der Waals surface area contributed by atoms with Gasteiger partial charge in [-0.05, 0) is 135 Å². The Morgan fingerprint density at radius 3 is 0.965 bits per heavy atom. The van der Waals surface area contributed by atoms with Crippen molar-refractivity contribution in [2.75, 3.05) is 26.4 Å². The first-order chi connectivity index (χ1) is 41.8. The number of phosphoric acid groups is 1. The fourth-order valence-corrected chi connectivity index (χ4v) is 9.41. The van der Waals surface area contributed by atoms with Crippen LogP contribution >= 0.6 is 7.82 Å². The molecule has 2 atom stereocenters. The first-order valence-electron chi connectivity index (χ1n) is 33.6. The molecule has 0 aromatic rings. The predicted molar refractivity (Wildman–Crippen MR) is 366 cm³/mol. The summed E-state index contributed by atoms with van der Waals surface area (Å²) in [5, 5.41) is 0. The van der Waals surface area contributed by atoms with Crippen LogP contribution in [0.1, 0.15) is 258 Å². The van der Waals surface area contributed by atoms with Crippen LogP contribution in [0.3, 0.4) is 0 Å². The van der Waals surface area contributed by atoms with Crippen molar-refractivity contribution >= 4 is 19.8 Å². The van der Waals surface area contributed by atoms with E-state index in [1.165, 1.54) is 89.9 Å². The van der Waals surface area contributed by atoms with Gasteiger partial charge in [-0.15, -0.1) is 0 Å². The number of rotatable bonds is 61. The Morgan fingerprint density at radius 2 is 0.647 bits per heavy atom. The standard InChI is InChI=1S/C75H122NO8P/c1-3-5-7-9-11-13-15-17-19-21-23-25-27-28-29-30-31-32-33-34-35-36-37-38-39-40-41-42-43-44-46-48-50-52-54-56-58-60-62-64-66-68-75(78)84-73(72-83-85(79,80)82-70-69-76)71-81-74(77)67-65-63-61-59-57-55-53-51-49-47-45-26-24-22-20-18-16-14-12-10-8-6-4-2/h5,7,11,13,16-19,22-25,28-29,31-32,34-35,37-38,40-41,43-44,48,50,54,56,73H,3-4,6,8-10,12,14-15,20-21,26-27,30,33,36,39,42,45-47,49,51-53,55,57-72,76H2,1-2H3,(H,79,80)/b7-5-,13-11-,18-16-,19-17-,24-22-,25-23-,29-28-,32-31-,35-34-,38-37-,41-40-,44-43-,50-48-,56-54-. The Labute approximate surface area is 521 Å². The van der Waals surface area contributed by atoms with Gasteiger partial charge in [-0.1, -0.05) is 280 Å². The maximum Gasteiger partial charge on any atom is 0.472 e. The number of allylic oxidation sites excluding steroid dienone is 28. The van der Waals surface area contributed by atoms with Crippen LogP contribution in [-0.4, -0.2) is 49.3 Å². The quantitative estimate of drug-likeness (QED) is 0.0264. The van der Waals surface area contributed by atoms with Crippen LogP contribution in [0.4, 0.5) is 0 Å². The van der Waals surface area contributed by atoms with E-state index >= 15 is 0 Å². The van der Waals surface area contributed by atoms with Gasteiger partial charge in [-0.3, -0.25) is 18.6 Å². The number of hydrogen-bond acceptors (Lipinski definition) is 8. The highest BCUT2D eigenvalue weighted by molar-refractivity contribution is 7.47. The molecule has 0 aliphatic carbocycles. The number of esters is 2. The van der Waals surface area contributed by atoms with Crippen LogP contribution in [0.2, 0.25) is 0 Å². The summed E-state index contributed by atoms with van der Waals surface area (Å²) < 4.78 is 33.1. The van der Waals surface area contributed by atoms with Crippen LogP contribution in [0.15, 0.2) is 170 Å². The molecule has 10 heteroatoms. The van der Waals surface area contributed by atoms with Crippen molar-refractivity contribution in [2.45, 2.75) is 264 Å². The zero-order valence-electron chi connectivity index (χ0n) is 53.8. The SMILES string of the molecule is CC/C=C\C/C=C\C/C=C\C/C=C\C/C=C\C/C=C\C/C=C\C/C=C\C/C=C\C/C=C\C/C=C\C/C=C\CCCCCCC(=O)OC(COC(=O)CCCCCCCCCCCCC/C=C\C/C=C\CCCCCCC)COP(=O)(O)OCCN. The highest BCUT2D eigenvalue weighted by Crippen LogP contribution is 2.43. The lowest BCUT2D eigenvalue weighted by molar-refractivity contribution is -0.161. The minimum absolute atomic E-state index is 0.0402. The smallest absolute Gasteiger partial charge is 0.462 e. The Morgan fingerprint density at radius 1 is 0.365 bits per heavy atom. The van der Waals surface area contributed by atoms with Crippen LogP contribution < -0.4 is 5.73 Å². The number of unbranched alkanes of at least 4 members (excludes halogenated alkanes) is 20. The Kier molecular flexibility index (Phi) is 64.8. The Hall–Kier alpha value is -4.63. The molecule has 9 nitrogen and oxygen atoms in total. The highest BCUT2D eigenvalue weighted by atomic mass is 31.2. The predicted octanol–water partition coefficient (Wildman–Crippen LogP) is 22.2. The topological polar surface area (TPSA) is 134 Å². The average molecular weight is 1200 g/mol. The number of phosphoric ester groups is 1. The lowest BCUT2D eigenvalue weighted by atomic mass is 10.0. The third-order valence-electron chi connectivity index (χ3n) is 13.6. The lowest BCUT2D eigenvalue weighted by Gasteiger charge is -2.19. The Balaban J connectivity index is 4.05. The van der Waals surface area contributed by atoms with Gasteiger partial charge in [0.25, 0.3) is 0 Å². The van der Waals surface area contributed by atoms with Crippen molar-refractivity contribution in [3.05, 3.63) is 170 Å². The summed E-state index contributed by atoms with van der Waals surface area (Å²) in [6.07, 6.45) is 101. The normalized spacial score (nSPS) is 14.1. The molecule has 0 aromatic heterocycles. The van der Waals surface area contributed by atoms with Crippen molar-refractivity contribution in [1.29, 1.82) is 0 Å². The molecule has 0 bridgehead atoms. The molecular formula is C75H122NO8P. The fraction of sp³-hybridized carbons (Fsp3) is 0.600. The summed E-state index contributed by atoms with van der Waals surface area (Å²) in [6, 6.07) is 0. The van der Waals surface area contributed by atoms with Crippen molar-refractivity contribution in [1.82, 2.24) is 0 Å². The molecule has 0 radical (unpaired) electrons. The van der Waals surface area contributed by atoms with E-state index < -0.39 is 32.5 Å². The van der Waals surface area contributed by atoms with E-state index in [1.54, 1.807) is 0 Å². The van der Waals surface area contributed by atoms with E-state index in [-0.39, 0.29) is 32.6 Å². The van der Waals surface area contributed by atoms with E-state index in [1.807, 2.05) is 0 Å². The van der Waals surface area contributed by atoms with Crippen molar-refractivity contribution in [3.63, 3.8) is 0 Å². The number of ether oxygens (including phenoxy) is 2. The van der Waals surface area contributed by atoms with Gasteiger partial charge in [0.05, 0.1) is 13.2 Å². The van der Waals surface area contributed by atoms with Crippen molar-refractivity contribution < 1.29 is 37.6 Å². The second kappa shape index (κ2) is 68.5. The number of nitrogens with two attached hydrogens (primary N) is 1. The first-order valence-corrected chi connectivity index (χ1v) is 35.1. The van der Waals surface area contributed by atoms with Crippen LogP contribution in [-0.2, 0) is 32.7 Å². The molecule has 0 aromatic carbocycles.